The number of aromatic nitrogens is 1. The molecule has 0 atom stereocenters. The van der Waals surface area contributed by atoms with E-state index >= 15 is 0 Å². The lowest BCUT2D eigenvalue weighted by molar-refractivity contribution is 0.232. The van der Waals surface area contributed by atoms with Gasteiger partial charge < -0.3 is 20.4 Å². The average Bonchev–Trinajstić information content (AvgIpc) is 2.59. The van der Waals surface area contributed by atoms with Gasteiger partial charge in [-0.05, 0) is 32.0 Å². The van der Waals surface area contributed by atoms with Crippen LogP contribution in [-0.2, 0) is 6.54 Å². The molecule has 2 heterocycles. The van der Waals surface area contributed by atoms with E-state index in [1.165, 1.54) is 32.4 Å². The van der Waals surface area contributed by atoms with Crippen molar-refractivity contribution in [2.45, 2.75) is 25.8 Å². The molecular weight excluding hydrogens is 288 g/mol. The summed E-state index contributed by atoms with van der Waals surface area (Å²) in [6.45, 7) is 5.18. The van der Waals surface area contributed by atoms with Gasteiger partial charge in [-0.1, -0.05) is 12.5 Å². The minimum Gasteiger partial charge on any atom is -0.362 e. The summed E-state index contributed by atoms with van der Waals surface area (Å²) in [6.07, 6.45) is 5.87. The highest BCUT2D eigenvalue weighted by Gasteiger charge is 2.10. The number of piperidine rings is 1. The van der Waals surface area contributed by atoms with Crippen LogP contribution in [0.4, 0.5) is 5.82 Å². The number of guanidine groups is 1. The van der Waals surface area contributed by atoms with Crippen molar-refractivity contribution in [2.24, 2.45) is 4.99 Å². The Morgan fingerprint density at radius 3 is 2.74 bits per heavy atom. The molecular formula is C17H30N6. The van der Waals surface area contributed by atoms with Crippen LogP contribution in [0.15, 0.2) is 23.3 Å². The number of nitrogens with zero attached hydrogens (tertiary/aromatic N) is 4. The lowest BCUT2D eigenvalue weighted by atomic mass is 10.1. The van der Waals surface area contributed by atoms with Crippen LogP contribution in [0.5, 0.6) is 0 Å². The van der Waals surface area contributed by atoms with Crippen molar-refractivity contribution in [3.8, 4) is 0 Å². The topological polar surface area (TPSA) is 55.8 Å². The summed E-state index contributed by atoms with van der Waals surface area (Å²) in [7, 11) is 5.83. The molecule has 1 aliphatic rings. The summed E-state index contributed by atoms with van der Waals surface area (Å²) < 4.78 is 0. The zero-order valence-corrected chi connectivity index (χ0v) is 14.7. The summed E-state index contributed by atoms with van der Waals surface area (Å²) in [5.74, 6) is 1.83. The molecule has 0 amide bonds. The van der Waals surface area contributed by atoms with E-state index < -0.39 is 0 Å². The van der Waals surface area contributed by atoms with Crippen LogP contribution in [0.25, 0.3) is 0 Å². The lowest BCUT2D eigenvalue weighted by Gasteiger charge is -2.26. The lowest BCUT2D eigenvalue weighted by Crippen LogP contribution is -2.42. The van der Waals surface area contributed by atoms with Gasteiger partial charge in [-0.3, -0.25) is 4.99 Å². The zero-order chi connectivity index (χ0) is 16.5. The van der Waals surface area contributed by atoms with Crippen LogP contribution in [0, 0.1) is 0 Å². The van der Waals surface area contributed by atoms with Gasteiger partial charge in [0.05, 0.1) is 0 Å². The van der Waals surface area contributed by atoms with Crippen molar-refractivity contribution in [3.63, 3.8) is 0 Å². The van der Waals surface area contributed by atoms with Gasteiger partial charge in [0.2, 0.25) is 0 Å². The van der Waals surface area contributed by atoms with Gasteiger partial charge in [0, 0.05) is 52.5 Å². The van der Waals surface area contributed by atoms with E-state index in [1.54, 1.807) is 0 Å². The van der Waals surface area contributed by atoms with E-state index in [-0.39, 0.29) is 0 Å². The van der Waals surface area contributed by atoms with Gasteiger partial charge >= 0.3 is 0 Å². The second-order valence-corrected chi connectivity index (χ2v) is 6.14. The molecule has 0 saturated carbocycles. The maximum atomic E-state index is 4.42. The van der Waals surface area contributed by atoms with Gasteiger partial charge in [-0.15, -0.1) is 0 Å². The number of nitrogens with one attached hydrogen (secondary N) is 2. The van der Waals surface area contributed by atoms with Gasteiger partial charge in [0.15, 0.2) is 5.96 Å². The van der Waals surface area contributed by atoms with E-state index in [4.69, 9.17) is 0 Å². The zero-order valence-electron chi connectivity index (χ0n) is 14.7. The molecule has 0 aliphatic carbocycles. The van der Waals surface area contributed by atoms with E-state index in [0.717, 1.165) is 30.4 Å². The molecule has 0 spiro atoms. The largest absolute Gasteiger partial charge is 0.362 e. The number of hydrogen-bond acceptors (Lipinski definition) is 4. The number of hydrogen-bond donors (Lipinski definition) is 2. The second-order valence-electron chi connectivity index (χ2n) is 6.14. The molecule has 6 nitrogen and oxygen atoms in total. The quantitative estimate of drug-likeness (QED) is 0.612. The van der Waals surface area contributed by atoms with Crippen LogP contribution < -0.4 is 15.5 Å². The Bertz CT molecular complexity index is 494. The van der Waals surface area contributed by atoms with Crippen molar-refractivity contribution in [3.05, 3.63) is 23.9 Å². The number of rotatable bonds is 6. The van der Waals surface area contributed by atoms with E-state index in [9.17, 15) is 0 Å². The number of likely N-dealkylation sites (tertiary alicyclic amines) is 1. The Morgan fingerprint density at radius 1 is 1.26 bits per heavy atom. The number of aliphatic imine (C=N–C) groups is 1. The van der Waals surface area contributed by atoms with Crippen molar-refractivity contribution >= 4 is 11.8 Å². The first-order valence-corrected chi connectivity index (χ1v) is 8.49. The fourth-order valence-corrected chi connectivity index (χ4v) is 2.89. The smallest absolute Gasteiger partial charge is 0.191 e. The van der Waals surface area contributed by atoms with Gasteiger partial charge in [0.1, 0.15) is 5.82 Å². The molecule has 0 unspecified atom stereocenters. The molecule has 1 saturated heterocycles. The van der Waals surface area contributed by atoms with Crippen molar-refractivity contribution < 1.29 is 0 Å². The summed E-state index contributed by atoms with van der Waals surface area (Å²) in [5.41, 5.74) is 1.16. The fourth-order valence-electron chi connectivity index (χ4n) is 2.89. The van der Waals surface area contributed by atoms with Crippen LogP contribution >= 0.6 is 0 Å². The van der Waals surface area contributed by atoms with Crippen LogP contribution in [0.1, 0.15) is 24.8 Å². The number of anilines is 1. The molecule has 23 heavy (non-hydrogen) atoms. The second kappa shape index (κ2) is 9.35. The molecule has 0 radical (unpaired) electrons. The fraction of sp³-hybridized carbons (Fsp3) is 0.647. The third-order valence-corrected chi connectivity index (χ3v) is 4.13. The molecule has 0 aromatic carbocycles. The Hall–Kier alpha value is -1.82. The molecule has 6 heteroatoms. The minimum absolute atomic E-state index is 0.713. The maximum Gasteiger partial charge on any atom is 0.191 e. The maximum absolute atomic E-state index is 4.42. The number of pyridine rings is 1. The Morgan fingerprint density at radius 2 is 2.04 bits per heavy atom. The normalized spacial score (nSPS) is 16.2. The molecule has 1 aromatic heterocycles. The molecule has 2 N–H and O–H groups in total. The molecule has 1 aromatic rings. The van der Waals surface area contributed by atoms with E-state index in [0.29, 0.717) is 6.54 Å². The first-order chi connectivity index (χ1) is 11.2. The van der Waals surface area contributed by atoms with Crippen LogP contribution in [0.3, 0.4) is 0 Å². The van der Waals surface area contributed by atoms with Crippen molar-refractivity contribution in [1.82, 2.24) is 20.5 Å². The summed E-state index contributed by atoms with van der Waals surface area (Å²) >= 11 is 0. The monoisotopic (exact) mass is 318 g/mol. The molecule has 128 valence electrons. The Labute approximate surface area is 140 Å². The minimum atomic E-state index is 0.713. The summed E-state index contributed by atoms with van der Waals surface area (Å²) in [5, 5.41) is 6.77. The first kappa shape index (κ1) is 17.5. The highest BCUT2D eigenvalue weighted by Crippen LogP contribution is 2.13. The molecule has 1 aliphatic heterocycles. The molecule has 1 fully saturated rings. The van der Waals surface area contributed by atoms with Crippen LogP contribution in [0.2, 0.25) is 0 Å². The average molecular weight is 318 g/mol. The van der Waals surface area contributed by atoms with Crippen LogP contribution in [-0.4, -0.2) is 63.2 Å². The van der Waals surface area contributed by atoms with Gasteiger partial charge in [-0.25, -0.2) is 4.98 Å². The van der Waals surface area contributed by atoms with E-state index in [2.05, 4.69) is 31.6 Å². The molecule has 0 bridgehead atoms. The first-order valence-electron chi connectivity index (χ1n) is 8.49. The summed E-state index contributed by atoms with van der Waals surface area (Å²) in [6, 6.07) is 4.06. The third kappa shape index (κ3) is 5.71. The van der Waals surface area contributed by atoms with Crippen molar-refractivity contribution in [2.75, 3.05) is 52.2 Å². The predicted molar refractivity (Wildman–Crippen MR) is 97.1 cm³/mol. The third-order valence-electron chi connectivity index (χ3n) is 4.13. The highest BCUT2D eigenvalue weighted by molar-refractivity contribution is 5.79. The van der Waals surface area contributed by atoms with E-state index in [1.807, 2.05) is 38.3 Å². The highest BCUT2D eigenvalue weighted by atomic mass is 15.2. The van der Waals surface area contributed by atoms with Crippen molar-refractivity contribution in [1.29, 1.82) is 0 Å². The molecule has 2 rings (SSSR count). The Kier molecular flexibility index (Phi) is 7.13. The standard InChI is InChI=1S/C17H30N6/c1-18-17(20-10-13-23-11-5-4-6-12-23)21-14-15-8-7-9-19-16(15)22(2)3/h7-9H,4-6,10-14H2,1-3H3,(H2,18,20,21). The summed E-state index contributed by atoms with van der Waals surface area (Å²) in [4.78, 5) is 13.3. The Balaban J connectivity index is 1.76. The van der Waals surface area contributed by atoms with Gasteiger partial charge in [-0.2, -0.15) is 0 Å². The van der Waals surface area contributed by atoms with Gasteiger partial charge in [0.25, 0.3) is 0 Å². The SMILES string of the molecule is CN=C(NCCN1CCCCC1)NCc1cccnc1N(C)C. The predicted octanol–water partition coefficient (Wildman–Crippen LogP) is 1.30.